The second-order valence-corrected chi connectivity index (χ2v) is 4.25. The predicted octanol–water partition coefficient (Wildman–Crippen LogP) is 4.13. The monoisotopic (exact) mass is 288 g/mol. The Balaban J connectivity index is 2.67. The molecule has 0 saturated carbocycles. The second kappa shape index (κ2) is 5.84. The van der Waals surface area contributed by atoms with Crippen molar-refractivity contribution in [3.05, 3.63) is 34.9 Å². The van der Waals surface area contributed by atoms with Gasteiger partial charge in [-0.1, -0.05) is 0 Å². The first-order valence-electron chi connectivity index (χ1n) is 4.95. The number of benzene rings is 1. The molecule has 0 saturated heterocycles. The molecule has 7 heteroatoms. The van der Waals surface area contributed by atoms with Crippen molar-refractivity contribution < 1.29 is 26.7 Å². The molecular weight excluding hydrogens is 279 g/mol. The Morgan fingerprint density at radius 1 is 1.22 bits per heavy atom. The lowest BCUT2D eigenvalue weighted by atomic mass is 10.1. The number of aryl methyl sites for hydroxylation is 1. The Labute approximate surface area is 106 Å². The SMILES string of the molecule is Cc1cc(C(Cl)COCC(F)(F)F)c(F)cc1F. The molecule has 0 aliphatic carbocycles. The minimum absolute atomic E-state index is 0.0854. The fraction of sp³-hybridized carbons (Fsp3) is 0.455. The molecule has 0 bridgehead atoms. The maximum atomic E-state index is 13.3. The molecule has 1 rings (SSSR count). The van der Waals surface area contributed by atoms with E-state index in [1.165, 1.54) is 6.92 Å². The van der Waals surface area contributed by atoms with Crippen LogP contribution in [-0.4, -0.2) is 19.4 Å². The molecule has 0 aliphatic heterocycles. The van der Waals surface area contributed by atoms with Gasteiger partial charge in [-0.05, 0) is 18.6 Å². The molecule has 102 valence electrons. The van der Waals surface area contributed by atoms with Crippen LogP contribution in [0.3, 0.4) is 0 Å². The van der Waals surface area contributed by atoms with Gasteiger partial charge < -0.3 is 4.74 Å². The van der Waals surface area contributed by atoms with Crippen LogP contribution in [0.2, 0.25) is 0 Å². The van der Waals surface area contributed by atoms with E-state index in [0.29, 0.717) is 6.07 Å². The number of rotatable bonds is 4. The van der Waals surface area contributed by atoms with Gasteiger partial charge in [-0.15, -0.1) is 11.6 Å². The van der Waals surface area contributed by atoms with Crippen LogP contribution in [0, 0.1) is 18.6 Å². The maximum Gasteiger partial charge on any atom is 0.411 e. The molecule has 0 aliphatic rings. The predicted molar refractivity (Wildman–Crippen MR) is 56.6 cm³/mol. The summed E-state index contributed by atoms with van der Waals surface area (Å²) in [6.45, 7) is -0.570. The first-order chi connectivity index (χ1) is 8.20. The van der Waals surface area contributed by atoms with E-state index >= 15 is 0 Å². The van der Waals surface area contributed by atoms with Gasteiger partial charge in [0.05, 0.1) is 12.0 Å². The van der Waals surface area contributed by atoms with E-state index in [1.54, 1.807) is 0 Å². The number of ether oxygens (including phenoxy) is 1. The highest BCUT2D eigenvalue weighted by atomic mass is 35.5. The lowest BCUT2D eigenvalue weighted by Gasteiger charge is -2.13. The molecule has 1 unspecified atom stereocenters. The fourth-order valence-corrected chi connectivity index (χ4v) is 1.54. The Kier molecular flexibility index (Phi) is 4.92. The molecule has 0 aromatic heterocycles. The zero-order valence-corrected chi connectivity index (χ0v) is 10.1. The molecule has 0 fully saturated rings. The summed E-state index contributed by atoms with van der Waals surface area (Å²) in [6.07, 6.45) is -4.46. The zero-order chi connectivity index (χ0) is 13.9. The van der Waals surface area contributed by atoms with Gasteiger partial charge in [0.25, 0.3) is 0 Å². The van der Waals surface area contributed by atoms with Gasteiger partial charge in [-0.3, -0.25) is 0 Å². The van der Waals surface area contributed by atoms with Crippen molar-refractivity contribution in [2.45, 2.75) is 18.5 Å². The molecule has 0 spiro atoms. The maximum absolute atomic E-state index is 13.3. The van der Waals surface area contributed by atoms with Crippen molar-refractivity contribution in [1.29, 1.82) is 0 Å². The molecular formula is C11H10ClF5O. The average Bonchev–Trinajstić information content (AvgIpc) is 2.21. The zero-order valence-electron chi connectivity index (χ0n) is 9.32. The summed E-state index contributed by atoms with van der Waals surface area (Å²) >= 11 is 5.71. The Morgan fingerprint density at radius 3 is 2.39 bits per heavy atom. The Morgan fingerprint density at radius 2 is 1.83 bits per heavy atom. The van der Waals surface area contributed by atoms with Gasteiger partial charge >= 0.3 is 6.18 Å². The molecule has 0 N–H and O–H groups in total. The second-order valence-electron chi connectivity index (χ2n) is 3.72. The van der Waals surface area contributed by atoms with Gasteiger partial charge in [0, 0.05) is 11.6 Å². The molecule has 1 aromatic rings. The van der Waals surface area contributed by atoms with Crippen LogP contribution in [0.5, 0.6) is 0 Å². The van der Waals surface area contributed by atoms with Crippen LogP contribution >= 0.6 is 11.6 Å². The first kappa shape index (κ1) is 15.2. The van der Waals surface area contributed by atoms with Gasteiger partial charge in [0.2, 0.25) is 0 Å². The molecule has 1 aromatic carbocycles. The highest BCUT2D eigenvalue weighted by Gasteiger charge is 2.28. The minimum atomic E-state index is -4.46. The third-order valence-electron chi connectivity index (χ3n) is 2.15. The quantitative estimate of drug-likeness (QED) is 0.598. The Bertz CT molecular complexity index is 419. The van der Waals surface area contributed by atoms with Gasteiger partial charge in [-0.25, -0.2) is 8.78 Å². The largest absolute Gasteiger partial charge is 0.411 e. The van der Waals surface area contributed by atoms with E-state index in [1.807, 2.05) is 0 Å². The van der Waals surface area contributed by atoms with E-state index in [4.69, 9.17) is 11.6 Å². The van der Waals surface area contributed by atoms with Crippen LogP contribution < -0.4 is 0 Å². The van der Waals surface area contributed by atoms with E-state index < -0.39 is 36.4 Å². The first-order valence-corrected chi connectivity index (χ1v) is 5.38. The summed E-state index contributed by atoms with van der Waals surface area (Å²) in [7, 11) is 0. The summed E-state index contributed by atoms with van der Waals surface area (Å²) in [4.78, 5) is 0. The normalized spacial score (nSPS) is 13.7. The number of halogens is 6. The summed E-state index contributed by atoms with van der Waals surface area (Å²) in [5.74, 6) is -1.65. The van der Waals surface area contributed by atoms with Gasteiger partial charge in [-0.2, -0.15) is 13.2 Å². The summed E-state index contributed by atoms with van der Waals surface area (Å²) in [5.41, 5.74) is 0.0746. The average molecular weight is 289 g/mol. The van der Waals surface area contributed by atoms with Crippen LogP contribution in [0.25, 0.3) is 0 Å². The van der Waals surface area contributed by atoms with Crippen molar-refractivity contribution in [2.24, 2.45) is 0 Å². The van der Waals surface area contributed by atoms with Crippen molar-refractivity contribution in [3.8, 4) is 0 Å². The molecule has 1 nitrogen and oxygen atoms in total. The molecule has 1 atom stereocenters. The van der Waals surface area contributed by atoms with E-state index in [9.17, 15) is 22.0 Å². The fourth-order valence-electron chi connectivity index (χ4n) is 1.29. The van der Waals surface area contributed by atoms with E-state index in [0.717, 1.165) is 6.07 Å². The van der Waals surface area contributed by atoms with Crippen LogP contribution in [-0.2, 0) is 4.74 Å². The highest BCUT2D eigenvalue weighted by Crippen LogP contribution is 2.26. The molecule has 0 radical (unpaired) electrons. The summed E-state index contributed by atoms with van der Waals surface area (Å²) in [6, 6.07) is 1.79. The standard InChI is InChI=1S/C11H10ClF5O/c1-6-2-7(10(14)3-9(6)13)8(12)4-18-5-11(15,16)17/h2-3,8H,4-5H2,1H3. The molecule has 0 amide bonds. The minimum Gasteiger partial charge on any atom is -0.370 e. The van der Waals surface area contributed by atoms with Crippen LogP contribution in [0.15, 0.2) is 12.1 Å². The van der Waals surface area contributed by atoms with Crippen molar-refractivity contribution in [1.82, 2.24) is 0 Å². The number of hydrogen-bond donors (Lipinski definition) is 0. The summed E-state index contributed by atoms with van der Waals surface area (Å²) in [5, 5.41) is -1.10. The van der Waals surface area contributed by atoms with Crippen LogP contribution in [0.4, 0.5) is 22.0 Å². The molecule has 0 heterocycles. The topological polar surface area (TPSA) is 9.23 Å². The Hall–Kier alpha value is -0.880. The van der Waals surface area contributed by atoms with Crippen molar-refractivity contribution in [3.63, 3.8) is 0 Å². The third-order valence-corrected chi connectivity index (χ3v) is 2.51. The van der Waals surface area contributed by atoms with Gasteiger partial charge in [0.1, 0.15) is 18.2 Å². The van der Waals surface area contributed by atoms with E-state index in [2.05, 4.69) is 4.74 Å². The van der Waals surface area contributed by atoms with Crippen molar-refractivity contribution in [2.75, 3.05) is 13.2 Å². The number of hydrogen-bond acceptors (Lipinski definition) is 1. The molecule has 18 heavy (non-hydrogen) atoms. The van der Waals surface area contributed by atoms with Crippen LogP contribution in [0.1, 0.15) is 16.5 Å². The number of alkyl halides is 4. The summed E-state index contributed by atoms with van der Waals surface area (Å²) < 4.78 is 66.1. The third kappa shape index (κ3) is 4.42. The lowest BCUT2D eigenvalue weighted by Crippen LogP contribution is -2.19. The smallest absolute Gasteiger partial charge is 0.370 e. The van der Waals surface area contributed by atoms with Crippen molar-refractivity contribution >= 4 is 11.6 Å². The van der Waals surface area contributed by atoms with Gasteiger partial charge in [0.15, 0.2) is 0 Å². The highest BCUT2D eigenvalue weighted by molar-refractivity contribution is 6.20. The van der Waals surface area contributed by atoms with E-state index in [-0.39, 0.29) is 11.1 Å². The lowest BCUT2D eigenvalue weighted by molar-refractivity contribution is -0.173.